The predicted octanol–water partition coefficient (Wildman–Crippen LogP) is 2.35. The lowest BCUT2D eigenvalue weighted by molar-refractivity contribution is -0.121. The molecule has 19 heavy (non-hydrogen) atoms. The van der Waals surface area contributed by atoms with E-state index in [9.17, 15) is 4.79 Å². The lowest BCUT2D eigenvalue weighted by Gasteiger charge is -2.07. The normalized spacial score (nSPS) is 10.9. The van der Waals surface area contributed by atoms with Crippen LogP contribution in [0.15, 0.2) is 12.3 Å². The summed E-state index contributed by atoms with van der Waals surface area (Å²) in [6, 6.07) is 1.71. The number of carbonyl (C=O) groups excluding carboxylic acids is 1. The first-order valence-electron chi connectivity index (χ1n) is 5.99. The maximum absolute atomic E-state index is 11.8. The Balaban J connectivity index is 2.32. The van der Waals surface area contributed by atoms with Crippen molar-refractivity contribution in [2.45, 2.75) is 25.8 Å². The standard InChI is InChI=1S/C12H14Cl2N4O/c1-2-3-15-11(19)7-18-10(5-13)17-9-4-8(14)6-16-12(9)18/h4,6H,2-3,5,7H2,1H3,(H,15,19). The molecule has 0 aromatic carbocycles. The molecular formula is C12H14Cl2N4O. The maximum atomic E-state index is 11.8. The molecule has 0 aliphatic heterocycles. The highest BCUT2D eigenvalue weighted by atomic mass is 35.5. The van der Waals surface area contributed by atoms with Gasteiger partial charge in [-0.25, -0.2) is 9.97 Å². The minimum absolute atomic E-state index is 0.0794. The molecule has 5 nitrogen and oxygen atoms in total. The second kappa shape index (κ2) is 6.21. The number of carbonyl (C=O) groups is 1. The van der Waals surface area contributed by atoms with Gasteiger partial charge in [0.25, 0.3) is 0 Å². The van der Waals surface area contributed by atoms with Crippen LogP contribution < -0.4 is 5.32 Å². The van der Waals surface area contributed by atoms with Crippen LogP contribution in [0.1, 0.15) is 19.2 Å². The number of hydrogen-bond donors (Lipinski definition) is 1. The monoisotopic (exact) mass is 300 g/mol. The van der Waals surface area contributed by atoms with Crippen LogP contribution in [0.2, 0.25) is 5.02 Å². The van der Waals surface area contributed by atoms with Gasteiger partial charge in [0, 0.05) is 12.7 Å². The third-order valence-corrected chi connectivity index (χ3v) is 3.07. The van der Waals surface area contributed by atoms with Crippen molar-refractivity contribution in [3.63, 3.8) is 0 Å². The lowest BCUT2D eigenvalue weighted by Crippen LogP contribution is -2.28. The highest BCUT2D eigenvalue weighted by Crippen LogP contribution is 2.19. The number of fused-ring (bicyclic) bond motifs is 1. The van der Waals surface area contributed by atoms with Crippen molar-refractivity contribution in [1.82, 2.24) is 19.9 Å². The third kappa shape index (κ3) is 3.16. The van der Waals surface area contributed by atoms with Gasteiger partial charge in [-0.05, 0) is 12.5 Å². The number of amides is 1. The number of pyridine rings is 1. The molecule has 2 heterocycles. The maximum Gasteiger partial charge on any atom is 0.240 e. The molecule has 0 atom stereocenters. The van der Waals surface area contributed by atoms with Crippen LogP contribution in [0.4, 0.5) is 0 Å². The van der Waals surface area contributed by atoms with Crippen LogP contribution in [0.3, 0.4) is 0 Å². The Morgan fingerprint density at radius 3 is 3.00 bits per heavy atom. The minimum atomic E-state index is -0.0794. The first-order chi connectivity index (χ1) is 9.15. The summed E-state index contributed by atoms with van der Waals surface area (Å²) in [4.78, 5) is 20.3. The Morgan fingerprint density at radius 1 is 1.53 bits per heavy atom. The molecule has 7 heteroatoms. The number of rotatable bonds is 5. The molecule has 0 radical (unpaired) electrons. The van der Waals surface area contributed by atoms with Gasteiger partial charge in [-0.15, -0.1) is 11.6 Å². The highest BCUT2D eigenvalue weighted by Gasteiger charge is 2.14. The van der Waals surface area contributed by atoms with E-state index in [0.29, 0.717) is 28.6 Å². The smallest absolute Gasteiger partial charge is 0.240 e. The molecule has 0 bridgehead atoms. The van der Waals surface area contributed by atoms with Crippen molar-refractivity contribution in [2.24, 2.45) is 0 Å². The van der Waals surface area contributed by atoms with Gasteiger partial charge in [-0.1, -0.05) is 18.5 Å². The summed E-state index contributed by atoms with van der Waals surface area (Å²) in [6.45, 7) is 2.81. The fourth-order valence-electron chi connectivity index (χ4n) is 1.77. The summed E-state index contributed by atoms with van der Waals surface area (Å²) in [6.07, 6.45) is 2.43. The van der Waals surface area contributed by atoms with Crippen LogP contribution in [-0.2, 0) is 17.2 Å². The van der Waals surface area contributed by atoms with Crippen molar-refractivity contribution in [3.05, 3.63) is 23.1 Å². The van der Waals surface area contributed by atoms with E-state index in [0.717, 1.165) is 6.42 Å². The molecule has 0 unspecified atom stereocenters. The summed E-state index contributed by atoms with van der Waals surface area (Å²) < 4.78 is 1.71. The minimum Gasteiger partial charge on any atom is -0.355 e. The quantitative estimate of drug-likeness (QED) is 0.862. The van der Waals surface area contributed by atoms with Crippen molar-refractivity contribution in [2.75, 3.05) is 6.54 Å². The molecular weight excluding hydrogens is 287 g/mol. The molecule has 102 valence electrons. The first kappa shape index (κ1) is 14.1. The lowest BCUT2D eigenvalue weighted by atomic mass is 10.4. The summed E-state index contributed by atoms with van der Waals surface area (Å²) in [7, 11) is 0. The molecule has 2 aromatic heterocycles. The number of aromatic nitrogens is 3. The van der Waals surface area contributed by atoms with E-state index >= 15 is 0 Å². The Kier molecular flexibility index (Phi) is 4.61. The number of nitrogens with one attached hydrogen (secondary N) is 1. The SMILES string of the molecule is CCCNC(=O)Cn1c(CCl)nc2cc(Cl)cnc21. The fourth-order valence-corrected chi connectivity index (χ4v) is 2.12. The van der Waals surface area contributed by atoms with Gasteiger partial charge in [-0.2, -0.15) is 0 Å². The van der Waals surface area contributed by atoms with E-state index in [4.69, 9.17) is 23.2 Å². The van der Waals surface area contributed by atoms with E-state index in [1.54, 1.807) is 10.6 Å². The number of hydrogen-bond acceptors (Lipinski definition) is 3. The summed E-state index contributed by atoms with van der Waals surface area (Å²) in [5, 5.41) is 3.32. The van der Waals surface area contributed by atoms with Crippen LogP contribution in [0.25, 0.3) is 11.2 Å². The topological polar surface area (TPSA) is 59.8 Å². The number of imidazole rings is 1. The van der Waals surface area contributed by atoms with Crippen molar-refractivity contribution < 1.29 is 4.79 Å². The van der Waals surface area contributed by atoms with Crippen molar-refractivity contribution in [1.29, 1.82) is 0 Å². The molecule has 0 aliphatic rings. The zero-order chi connectivity index (χ0) is 13.8. The average molecular weight is 301 g/mol. The summed E-state index contributed by atoms with van der Waals surface area (Å²) in [5.74, 6) is 0.747. The van der Waals surface area contributed by atoms with Gasteiger partial charge in [0.15, 0.2) is 5.65 Å². The summed E-state index contributed by atoms with van der Waals surface area (Å²) in [5.41, 5.74) is 1.26. The fraction of sp³-hybridized carbons (Fsp3) is 0.417. The molecule has 1 amide bonds. The molecule has 0 saturated carbocycles. The van der Waals surface area contributed by atoms with E-state index in [1.165, 1.54) is 6.20 Å². The van der Waals surface area contributed by atoms with Gasteiger partial charge in [0.1, 0.15) is 17.9 Å². The van der Waals surface area contributed by atoms with Gasteiger partial charge in [-0.3, -0.25) is 4.79 Å². The zero-order valence-corrected chi connectivity index (χ0v) is 12.0. The van der Waals surface area contributed by atoms with Crippen LogP contribution >= 0.6 is 23.2 Å². The largest absolute Gasteiger partial charge is 0.355 e. The molecule has 0 saturated heterocycles. The molecule has 0 spiro atoms. The molecule has 0 fully saturated rings. The Bertz CT molecular complexity index is 597. The van der Waals surface area contributed by atoms with Crippen LogP contribution in [-0.4, -0.2) is 27.0 Å². The van der Waals surface area contributed by atoms with Crippen LogP contribution in [0, 0.1) is 0 Å². The van der Waals surface area contributed by atoms with E-state index in [2.05, 4.69) is 15.3 Å². The Morgan fingerprint density at radius 2 is 2.32 bits per heavy atom. The number of halogens is 2. The Labute approximate surface area is 120 Å². The molecule has 0 aliphatic carbocycles. The predicted molar refractivity (Wildman–Crippen MR) is 75.4 cm³/mol. The van der Waals surface area contributed by atoms with Gasteiger partial charge < -0.3 is 9.88 Å². The molecule has 1 N–H and O–H groups in total. The number of alkyl halides is 1. The van der Waals surface area contributed by atoms with Crippen molar-refractivity contribution >= 4 is 40.3 Å². The van der Waals surface area contributed by atoms with Crippen molar-refractivity contribution in [3.8, 4) is 0 Å². The average Bonchev–Trinajstić information content (AvgIpc) is 2.73. The highest BCUT2D eigenvalue weighted by molar-refractivity contribution is 6.31. The third-order valence-electron chi connectivity index (χ3n) is 2.62. The Hall–Kier alpha value is -1.33. The summed E-state index contributed by atoms with van der Waals surface area (Å²) >= 11 is 11.7. The molecule has 2 rings (SSSR count). The van der Waals surface area contributed by atoms with Gasteiger partial charge >= 0.3 is 0 Å². The van der Waals surface area contributed by atoms with E-state index < -0.39 is 0 Å². The van der Waals surface area contributed by atoms with E-state index in [1.807, 2.05) is 6.92 Å². The number of nitrogens with zero attached hydrogens (tertiary/aromatic N) is 3. The first-order valence-corrected chi connectivity index (χ1v) is 6.90. The molecule has 2 aromatic rings. The second-order valence-electron chi connectivity index (χ2n) is 4.09. The van der Waals surface area contributed by atoms with E-state index in [-0.39, 0.29) is 18.3 Å². The second-order valence-corrected chi connectivity index (χ2v) is 4.80. The van der Waals surface area contributed by atoms with Crippen LogP contribution in [0.5, 0.6) is 0 Å². The zero-order valence-electron chi connectivity index (χ0n) is 10.5. The van der Waals surface area contributed by atoms with Gasteiger partial charge in [0.2, 0.25) is 5.91 Å². The van der Waals surface area contributed by atoms with Gasteiger partial charge in [0.05, 0.1) is 10.9 Å².